The van der Waals surface area contributed by atoms with Crippen LogP contribution in [0.1, 0.15) is 43.0 Å². The second-order valence-corrected chi connectivity index (χ2v) is 5.61. The van der Waals surface area contributed by atoms with Crippen molar-refractivity contribution in [2.75, 3.05) is 13.1 Å². The topological polar surface area (TPSA) is 90.5 Å². The van der Waals surface area contributed by atoms with Crippen molar-refractivity contribution < 1.29 is 14.7 Å². The molecule has 0 aromatic carbocycles. The van der Waals surface area contributed by atoms with Gasteiger partial charge in [0.2, 0.25) is 5.56 Å². The van der Waals surface area contributed by atoms with Crippen molar-refractivity contribution in [3.05, 3.63) is 34.2 Å². The van der Waals surface area contributed by atoms with Gasteiger partial charge in [0.05, 0.1) is 11.0 Å². The van der Waals surface area contributed by atoms with Crippen molar-refractivity contribution >= 4 is 11.9 Å². The average Bonchev–Trinajstić information content (AvgIpc) is 2.48. The summed E-state index contributed by atoms with van der Waals surface area (Å²) in [4.78, 5) is 39.2. The number of likely N-dealkylation sites (tertiary alicyclic amines) is 1. The number of nitrogens with zero attached hydrogens (tertiary/aromatic N) is 1. The summed E-state index contributed by atoms with van der Waals surface area (Å²) in [5, 5.41) is 9.54. The summed E-state index contributed by atoms with van der Waals surface area (Å²) >= 11 is 0. The number of hydrogen-bond acceptors (Lipinski definition) is 3. The molecule has 1 aliphatic rings. The van der Waals surface area contributed by atoms with Crippen LogP contribution in [0.5, 0.6) is 0 Å². The molecule has 1 aromatic rings. The number of carbonyl (C=O) groups is 2. The van der Waals surface area contributed by atoms with E-state index in [9.17, 15) is 19.5 Å². The Morgan fingerprint density at radius 2 is 2.19 bits per heavy atom. The number of H-pyrrole nitrogens is 1. The van der Waals surface area contributed by atoms with Crippen LogP contribution in [0.4, 0.5) is 0 Å². The number of carboxylic acids is 1. The smallest absolute Gasteiger partial charge is 0.311 e. The summed E-state index contributed by atoms with van der Waals surface area (Å²) in [5.74, 6) is -1.06. The lowest BCUT2D eigenvalue weighted by Gasteiger charge is -2.40. The highest BCUT2D eigenvalue weighted by atomic mass is 16.4. The third-order valence-electron chi connectivity index (χ3n) is 4.08. The summed E-state index contributed by atoms with van der Waals surface area (Å²) in [6, 6.07) is 2.77. The molecule has 2 N–H and O–H groups in total. The minimum atomic E-state index is -0.842. The first-order valence-electron chi connectivity index (χ1n) is 7.20. The molecule has 114 valence electrons. The van der Waals surface area contributed by atoms with E-state index in [0.29, 0.717) is 31.4 Å². The first-order chi connectivity index (χ1) is 9.98. The van der Waals surface area contributed by atoms with Gasteiger partial charge in [0.25, 0.3) is 5.91 Å². The van der Waals surface area contributed by atoms with Crippen LogP contribution >= 0.6 is 0 Å². The zero-order chi connectivity index (χ0) is 15.5. The maximum Gasteiger partial charge on any atom is 0.311 e. The molecule has 0 bridgehead atoms. The second kappa shape index (κ2) is 6.11. The van der Waals surface area contributed by atoms with Crippen LogP contribution in [0.25, 0.3) is 0 Å². The minimum Gasteiger partial charge on any atom is -0.481 e. The Labute approximate surface area is 122 Å². The Morgan fingerprint density at radius 1 is 1.43 bits per heavy atom. The zero-order valence-corrected chi connectivity index (χ0v) is 12.1. The number of aliphatic carboxylic acids is 1. The van der Waals surface area contributed by atoms with Crippen molar-refractivity contribution in [1.29, 1.82) is 0 Å². The number of pyridine rings is 1. The van der Waals surface area contributed by atoms with Gasteiger partial charge in [-0.1, -0.05) is 13.3 Å². The normalized spacial score (nSPS) is 22.0. The van der Waals surface area contributed by atoms with Gasteiger partial charge in [-0.3, -0.25) is 14.4 Å². The van der Waals surface area contributed by atoms with Gasteiger partial charge in [-0.2, -0.15) is 0 Å². The van der Waals surface area contributed by atoms with Gasteiger partial charge >= 0.3 is 5.97 Å². The number of aromatic nitrogens is 1. The predicted molar refractivity (Wildman–Crippen MR) is 77.2 cm³/mol. The van der Waals surface area contributed by atoms with Crippen LogP contribution in [0.2, 0.25) is 0 Å². The molecule has 2 heterocycles. The van der Waals surface area contributed by atoms with Gasteiger partial charge in [0, 0.05) is 25.4 Å². The molecule has 0 saturated carbocycles. The lowest BCUT2D eigenvalue weighted by atomic mass is 9.76. The monoisotopic (exact) mass is 292 g/mol. The van der Waals surface area contributed by atoms with E-state index in [-0.39, 0.29) is 18.0 Å². The van der Waals surface area contributed by atoms with Crippen LogP contribution in [0.15, 0.2) is 23.1 Å². The predicted octanol–water partition coefficient (Wildman–Crippen LogP) is 1.48. The first-order valence-corrected chi connectivity index (χ1v) is 7.20. The molecule has 1 unspecified atom stereocenters. The van der Waals surface area contributed by atoms with Crippen molar-refractivity contribution in [3.63, 3.8) is 0 Å². The maximum atomic E-state index is 12.4. The molecule has 1 fully saturated rings. The number of carboxylic acid groups (broad SMARTS) is 1. The Hall–Kier alpha value is -2.11. The Balaban J connectivity index is 2.20. The van der Waals surface area contributed by atoms with Gasteiger partial charge in [-0.25, -0.2) is 0 Å². The van der Waals surface area contributed by atoms with E-state index in [1.807, 2.05) is 6.92 Å². The molecule has 21 heavy (non-hydrogen) atoms. The molecule has 0 spiro atoms. The second-order valence-electron chi connectivity index (χ2n) is 5.61. The Bertz CT molecular complexity index is 571. The highest BCUT2D eigenvalue weighted by Gasteiger charge is 2.42. The van der Waals surface area contributed by atoms with E-state index in [1.165, 1.54) is 18.3 Å². The van der Waals surface area contributed by atoms with Gasteiger partial charge in [-0.05, 0) is 25.3 Å². The molecule has 6 heteroatoms. The zero-order valence-electron chi connectivity index (χ0n) is 12.1. The molecule has 2 rings (SSSR count). The van der Waals surface area contributed by atoms with Crippen molar-refractivity contribution in [3.8, 4) is 0 Å². The first kappa shape index (κ1) is 15.3. The van der Waals surface area contributed by atoms with E-state index in [1.54, 1.807) is 4.90 Å². The van der Waals surface area contributed by atoms with Crippen molar-refractivity contribution in [1.82, 2.24) is 9.88 Å². The number of aromatic amines is 1. The van der Waals surface area contributed by atoms with Crippen LogP contribution in [0.3, 0.4) is 0 Å². The van der Waals surface area contributed by atoms with Gasteiger partial charge in [-0.15, -0.1) is 0 Å². The lowest BCUT2D eigenvalue weighted by Crippen LogP contribution is -2.50. The molecule has 1 aromatic heterocycles. The highest BCUT2D eigenvalue weighted by molar-refractivity contribution is 5.94. The third-order valence-corrected chi connectivity index (χ3v) is 4.08. The number of hydrogen-bond donors (Lipinski definition) is 2. The van der Waals surface area contributed by atoms with E-state index >= 15 is 0 Å². The highest BCUT2D eigenvalue weighted by Crippen LogP contribution is 2.35. The Morgan fingerprint density at radius 3 is 2.76 bits per heavy atom. The number of rotatable bonds is 4. The lowest BCUT2D eigenvalue weighted by molar-refractivity contribution is -0.152. The van der Waals surface area contributed by atoms with E-state index < -0.39 is 11.4 Å². The number of carbonyl (C=O) groups excluding carboxylic acids is 1. The average molecular weight is 292 g/mol. The van der Waals surface area contributed by atoms with Crippen LogP contribution in [-0.4, -0.2) is 40.0 Å². The van der Waals surface area contributed by atoms with E-state index in [2.05, 4.69) is 4.98 Å². The summed E-state index contributed by atoms with van der Waals surface area (Å²) in [6.45, 7) is 2.73. The summed E-state index contributed by atoms with van der Waals surface area (Å²) in [7, 11) is 0. The largest absolute Gasteiger partial charge is 0.481 e. The minimum absolute atomic E-state index is 0.229. The quantitative estimate of drug-likeness (QED) is 0.879. The number of nitrogens with one attached hydrogen (secondary N) is 1. The molecule has 1 saturated heterocycles. The fraction of sp³-hybridized carbons (Fsp3) is 0.533. The summed E-state index contributed by atoms with van der Waals surface area (Å²) < 4.78 is 0. The maximum absolute atomic E-state index is 12.4. The van der Waals surface area contributed by atoms with Crippen LogP contribution in [0, 0.1) is 5.41 Å². The van der Waals surface area contributed by atoms with E-state index in [4.69, 9.17) is 0 Å². The standard InChI is InChI=1S/C15H20N2O4/c1-2-6-15(14(20)21)7-3-8-17(10-15)13(19)11-4-5-12(18)16-9-11/h4-5,9H,2-3,6-8,10H2,1H3,(H,16,18)(H,20,21). The van der Waals surface area contributed by atoms with E-state index in [0.717, 1.165) is 6.42 Å². The Kier molecular flexibility index (Phi) is 4.45. The fourth-order valence-corrected chi connectivity index (χ4v) is 3.00. The molecular weight excluding hydrogens is 272 g/mol. The molecular formula is C15H20N2O4. The molecule has 0 radical (unpaired) electrons. The van der Waals surface area contributed by atoms with Crippen molar-refractivity contribution in [2.24, 2.45) is 5.41 Å². The van der Waals surface area contributed by atoms with Crippen LogP contribution in [-0.2, 0) is 4.79 Å². The van der Waals surface area contributed by atoms with Gasteiger partial charge in [0.1, 0.15) is 0 Å². The molecule has 1 atom stereocenters. The summed E-state index contributed by atoms with van der Waals surface area (Å²) in [5.41, 5.74) is -0.728. The summed E-state index contributed by atoms with van der Waals surface area (Å²) in [6.07, 6.45) is 4.00. The van der Waals surface area contributed by atoms with Crippen molar-refractivity contribution in [2.45, 2.75) is 32.6 Å². The van der Waals surface area contributed by atoms with Gasteiger partial charge < -0.3 is 15.0 Å². The molecule has 6 nitrogen and oxygen atoms in total. The number of amides is 1. The van der Waals surface area contributed by atoms with Crippen LogP contribution < -0.4 is 5.56 Å². The molecule has 0 aliphatic carbocycles. The third kappa shape index (κ3) is 3.15. The van der Waals surface area contributed by atoms with Gasteiger partial charge in [0.15, 0.2) is 0 Å². The fourth-order valence-electron chi connectivity index (χ4n) is 3.00. The molecule has 1 aliphatic heterocycles. The molecule has 1 amide bonds. The number of piperidine rings is 1. The SMILES string of the molecule is CCCC1(C(=O)O)CCCN(C(=O)c2ccc(=O)[nH]c2)C1.